The van der Waals surface area contributed by atoms with E-state index in [4.69, 9.17) is 15.2 Å². The van der Waals surface area contributed by atoms with E-state index < -0.39 is 17.7 Å². The van der Waals surface area contributed by atoms with Crippen LogP contribution in [0.15, 0.2) is 71.1 Å². The fraction of sp³-hybridized carbons (Fsp3) is 0.174. The number of fused-ring (bicyclic) bond motifs is 1. The van der Waals surface area contributed by atoms with Gasteiger partial charge in [0.25, 0.3) is 5.56 Å². The third-order valence-electron chi connectivity index (χ3n) is 5.24. The predicted octanol–water partition coefficient (Wildman–Crippen LogP) is 2.61. The Bertz CT molecular complexity index is 1230. The van der Waals surface area contributed by atoms with Crippen molar-refractivity contribution in [2.45, 2.75) is 19.4 Å². The van der Waals surface area contributed by atoms with E-state index in [9.17, 15) is 14.0 Å². The van der Waals surface area contributed by atoms with E-state index >= 15 is 0 Å². The highest BCUT2D eigenvalue weighted by Gasteiger charge is 2.38. The average Bonchev–Trinajstić information content (AvgIpc) is 2.76. The van der Waals surface area contributed by atoms with Gasteiger partial charge in [-0.15, -0.1) is 0 Å². The van der Waals surface area contributed by atoms with Crippen LogP contribution in [-0.2, 0) is 16.1 Å². The molecule has 2 aromatic heterocycles. The zero-order chi connectivity index (χ0) is 22.1. The van der Waals surface area contributed by atoms with Crippen molar-refractivity contribution in [3.05, 3.63) is 105 Å². The van der Waals surface area contributed by atoms with Gasteiger partial charge in [-0.2, -0.15) is 0 Å². The third kappa shape index (κ3) is 3.68. The minimum absolute atomic E-state index is 0.00418. The second-order valence-corrected chi connectivity index (χ2v) is 7.17. The SMILES string of the molecule is COC(=O)C1=C(N)Oc2cc(C)n(Cc3cccnc3)c(=O)c2[C@@H]1c1ccc(F)cc1. The van der Waals surface area contributed by atoms with Gasteiger partial charge in [0.1, 0.15) is 17.1 Å². The van der Waals surface area contributed by atoms with Gasteiger partial charge in [-0.3, -0.25) is 9.78 Å². The highest BCUT2D eigenvalue weighted by atomic mass is 19.1. The van der Waals surface area contributed by atoms with Gasteiger partial charge in [0.2, 0.25) is 5.88 Å². The molecule has 1 aliphatic heterocycles. The maximum absolute atomic E-state index is 13.6. The van der Waals surface area contributed by atoms with Crippen molar-refractivity contribution in [1.29, 1.82) is 0 Å². The van der Waals surface area contributed by atoms with Crippen LogP contribution in [0.2, 0.25) is 0 Å². The summed E-state index contributed by atoms with van der Waals surface area (Å²) in [7, 11) is 1.22. The standard InChI is InChI=1S/C23H20FN3O4/c1-13-10-17-19(22(28)27(13)12-14-4-3-9-26-11-14)18(15-5-7-16(24)8-6-15)20(21(25)31-17)23(29)30-2/h3-11,18H,12,25H2,1-2H3/t18-/m0/s1. The number of carbonyl (C=O) groups is 1. The van der Waals surface area contributed by atoms with Gasteiger partial charge in [-0.25, -0.2) is 9.18 Å². The first-order chi connectivity index (χ1) is 14.9. The number of hydrogen-bond acceptors (Lipinski definition) is 6. The summed E-state index contributed by atoms with van der Waals surface area (Å²) in [5.41, 5.74) is 7.95. The largest absolute Gasteiger partial charge is 0.465 e. The van der Waals surface area contributed by atoms with Crippen LogP contribution in [0.3, 0.4) is 0 Å². The lowest BCUT2D eigenvalue weighted by Gasteiger charge is -2.29. The summed E-state index contributed by atoms with van der Waals surface area (Å²) >= 11 is 0. The molecule has 0 spiro atoms. The fourth-order valence-corrected chi connectivity index (χ4v) is 3.75. The van der Waals surface area contributed by atoms with Gasteiger partial charge < -0.3 is 19.8 Å². The van der Waals surface area contributed by atoms with E-state index in [1.54, 1.807) is 36.0 Å². The summed E-state index contributed by atoms with van der Waals surface area (Å²) in [5.74, 6) is -1.94. The topological polar surface area (TPSA) is 96.4 Å². The average molecular weight is 421 g/mol. The smallest absolute Gasteiger partial charge is 0.340 e. The Morgan fingerprint density at radius 1 is 1.29 bits per heavy atom. The minimum Gasteiger partial charge on any atom is -0.465 e. The molecule has 0 saturated heterocycles. The molecule has 0 bridgehead atoms. The van der Waals surface area contributed by atoms with Crippen molar-refractivity contribution < 1.29 is 18.7 Å². The zero-order valence-electron chi connectivity index (χ0n) is 17.0. The van der Waals surface area contributed by atoms with Crippen LogP contribution in [-0.4, -0.2) is 22.6 Å². The van der Waals surface area contributed by atoms with Crippen molar-refractivity contribution in [2.75, 3.05) is 7.11 Å². The third-order valence-corrected chi connectivity index (χ3v) is 5.24. The lowest BCUT2D eigenvalue weighted by Crippen LogP contribution is -2.35. The highest BCUT2D eigenvalue weighted by molar-refractivity contribution is 5.92. The molecule has 31 heavy (non-hydrogen) atoms. The van der Waals surface area contributed by atoms with E-state index in [1.807, 2.05) is 6.07 Å². The van der Waals surface area contributed by atoms with Crippen molar-refractivity contribution in [3.63, 3.8) is 0 Å². The molecule has 1 aromatic carbocycles. The minimum atomic E-state index is -0.870. The summed E-state index contributed by atoms with van der Waals surface area (Å²) in [6.45, 7) is 2.07. The first-order valence-corrected chi connectivity index (χ1v) is 9.55. The lowest BCUT2D eigenvalue weighted by atomic mass is 9.83. The van der Waals surface area contributed by atoms with Gasteiger partial charge in [0.15, 0.2) is 0 Å². The molecule has 4 rings (SSSR count). The summed E-state index contributed by atoms with van der Waals surface area (Å²) in [5, 5.41) is 0. The van der Waals surface area contributed by atoms with Gasteiger partial charge in [-0.05, 0) is 36.2 Å². The molecule has 2 N–H and O–H groups in total. The molecule has 158 valence electrons. The summed E-state index contributed by atoms with van der Waals surface area (Å²) in [4.78, 5) is 30.3. The van der Waals surface area contributed by atoms with Gasteiger partial charge >= 0.3 is 5.97 Å². The number of aryl methyl sites for hydroxylation is 1. The van der Waals surface area contributed by atoms with Crippen LogP contribution in [0.5, 0.6) is 5.75 Å². The van der Waals surface area contributed by atoms with E-state index in [0.29, 0.717) is 11.3 Å². The number of nitrogens with zero attached hydrogens (tertiary/aromatic N) is 2. The quantitative estimate of drug-likeness (QED) is 0.651. The first kappa shape index (κ1) is 20.3. The van der Waals surface area contributed by atoms with Crippen LogP contribution >= 0.6 is 0 Å². The molecule has 0 unspecified atom stereocenters. The van der Waals surface area contributed by atoms with Crippen LogP contribution in [0, 0.1) is 12.7 Å². The number of esters is 1. The Labute approximate surface area is 177 Å². The molecule has 1 atom stereocenters. The highest BCUT2D eigenvalue weighted by Crippen LogP contribution is 2.41. The molecule has 3 heterocycles. The predicted molar refractivity (Wildman–Crippen MR) is 111 cm³/mol. The molecule has 0 radical (unpaired) electrons. The number of nitrogens with two attached hydrogens (primary N) is 1. The van der Waals surface area contributed by atoms with Crippen molar-refractivity contribution in [3.8, 4) is 5.75 Å². The Kier molecular flexibility index (Phi) is 5.29. The normalized spacial score (nSPS) is 15.3. The lowest BCUT2D eigenvalue weighted by molar-refractivity contribution is -0.136. The monoisotopic (exact) mass is 421 g/mol. The molecule has 0 saturated carbocycles. The van der Waals surface area contributed by atoms with E-state index in [-0.39, 0.29) is 34.9 Å². The number of hydrogen-bond donors (Lipinski definition) is 1. The molecule has 1 aliphatic rings. The zero-order valence-corrected chi connectivity index (χ0v) is 17.0. The van der Waals surface area contributed by atoms with E-state index in [2.05, 4.69) is 4.98 Å². The Morgan fingerprint density at radius 3 is 2.68 bits per heavy atom. The van der Waals surface area contributed by atoms with Crippen LogP contribution in [0.4, 0.5) is 4.39 Å². The Morgan fingerprint density at radius 2 is 2.03 bits per heavy atom. The van der Waals surface area contributed by atoms with E-state index in [0.717, 1.165) is 5.56 Å². The van der Waals surface area contributed by atoms with Crippen LogP contribution in [0.25, 0.3) is 0 Å². The number of ether oxygens (including phenoxy) is 2. The molecule has 0 amide bonds. The molecule has 0 fully saturated rings. The second-order valence-electron chi connectivity index (χ2n) is 7.17. The Balaban J connectivity index is 1.94. The molecule has 0 aliphatic carbocycles. The maximum Gasteiger partial charge on any atom is 0.340 e. The number of benzene rings is 1. The second kappa shape index (κ2) is 8.06. The maximum atomic E-state index is 13.6. The number of methoxy groups -OCH3 is 1. The number of aromatic nitrogens is 2. The van der Waals surface area contributed by atoms with Crippen molar-refractivity contribution >= 4 is 5.97 Å². The number of carbonyl (C=O) groups excluding carboxylic acids is 1. The molecule has 8 heteroatoms. The van der Waals surface area contributed by atoms with Crippen molar-refractivity contribution in [2.24, 2.45) is 5.73 Å². The summed E-state index contributed by atoms with van der Waals surface area (Å²) < 4.78 is 25.7. The van der Waals surface area contributed by atoms with Gasteiger partial charge in [0, 0.05) is 24.2 Å². The molecule has 3 aromatic rings. The Hall–Kier alpha value is -3.94. The van der Waals surface area contributed by atoms with Crippen molar-refractivity contribution in [1.82, 2.24) is 9.55 Å². The number of halogens is 1. The summed E-state index contributed by atoms with van der Waals surface area (Å²) in [6.07, 6.45) is 3.33. The van der Waals surface area contributed by atoms with Gasteiger partial charge in [0.05, 0.1) is 25.1 Å². The van der Waals surface area contributed by atoms with Gasteiger partial charge in [-0.1, -0.05) is 18.2 Å². The fourth-order valence-electron chi connectivity index (χ4n) is 3.75. The molecular weight excluding hydrogens is 401 g/mol. The molecule has 7 nitrogen and oxygen atoms in total. The molecular formula is C23H20FN3O4. The van der Waals surface area contributed by atoms with Crippen LogP contribution in [0.1, 0.15) is 28.3 Å². The summed E-state index contributed by atoms with van der Waals surface area (Å²) in [6, 6.07) is 10.9. The van der Waals surface area contributed by atoms with E-state index in [1.165, 1.54) is 31.4 Å². The number of rotatable bonds is 4. The number of pyridine rings is 2. The first-order valence-electron chi connectivity index (χ1n) is 9.55. The van der Waals surface area contributed by atoms with Crippen LogP contribution < -0.4 is 16.0 Å².